The van der Waals surface area contributed by atoms with Gasteiger partial charge in [-0.05, 0) is 67.9 Å². The molecule has 2 aromatic carbocycles. The van der Waals surface area contributed by atoms with Crippen LogP contribution in [0.25, 0.3) is 0 Å². The molecule has 1 atom stereocenters. The lowest BCUT2D eigenvalue weighted by Crippen LogP contribution is -2.55. The van der Waals surface area contributed by atoms with E-state index in [4.69, 9.17) is 4.74 Å². The van der Waals surface area contributed by atoms with Crippen LogP contribution in [0.4, 0.5) is 5.69 Å². The molecule has 0 bridgehead atoms. The van der Waals surface area contributed by atoms with Crippen LogP contribution in [-0.2, 0) is 20.2 Å². The van der Waals surface area contributed by atoms with Crippen LogP contribution in [0.15, 0.2) is 47.4 Å². The summed E-state index contributed by atoms with van der Waals surface area (Å²) in [6, 6.07) is 12.3. The van der Waals surface area contributed by atoms with E-state index in [1.807, 2.05) is 32.9 Å². The van der Waals surface area contributed by atoms with E-state index in [1.54, 1.807) is 30.3 Å². The summed E-state index contributed by atoms with van der Waals surface area (Å²) in [7, 11) is -3.92. The lowest BCUT2D eigenvalue weighted by atomic mass is 9.81. The summed E-state index contributed by atoms with van der Waals surface area (Å²) >= 11 is 0. The molecule has 1 aliphatic rings. The number of anilines is 1. The van der Waals surface area contributed by atoms with E-state index in [2.05, 4.69) is 46.9 Å². The number of hydrogen-bond donors (Lipinski definition) is 1. The van der Waals surface area contributed by atoms with Crippen LogP contribution in [0.3, 0.4) is 0 Å². The van der Waals surface area contributed by atoms with E-state index in [9.17, 15) is 13.2 Å². The second-order valence-corrected chi connectivity index (χ2v) is 14.4. The maximum Gasteiger partial charge on any atom is 0.264 e. The summed E-state index contributed by atoms with van der Waals surface area (Å²) in [5.41, 5.74) is 1.77. The van der Waals surface area contributed by atoms with Gasteiger partial charge in [-0.15, -0.1) is 0 Å². The van der Waals surface area contributed by atoms with E-state index in [0.29, 0.717) is 11.4 Å². The average Bonchev–Trinajstić information content (AvgIpc) is 2.69. The molecule has 1 N–H and O–H groups in total. The lowest BCUT2D eigenvalue weighted by molar-refractivity contribution is -0.129. The van der Waals surface area contributed by atoms with Crippen LogP contribution in [-0.4, -0.2) is 32.5 Å². The van der Waals surface area contributed by atoms with Crippen LogP contribution < -0.4 is 14.4 Å². The highest BCUT2D eigenvalue weighted by Gasteiger charge is 2.40. The van der Waals surface area contributed by atoms with Gasteiger partial charge in [0.15, 0.2) is 6.10 Å². The molecule has 0 saturated heterocycles. The fourth-order valence-corrected chi connectivity index (χ4v) is 6.17. The molecule has 0 radical (unpaired) electrons. The Morgan fingerprint density at radius 1 is 1.00 bits per heavy atom. The normalized spacial score (nSPS) is 16.9. The van der Waals surface area contributed by atoms with Crippen molar-refractivity contribution in [2.24, 2.45) is 5.41 Å². The van der Waals surface area contributed by atoms with E-state index in [1.165, 1.54) is 4.31 Å². The molecule has 0 spiro atoms. The third-order valence-electron chi connectivity index (χ3n) is 6.03. The Balaban J connectivity index is 2.03. The third kappa shape index (κ3) is 6.37. The first-order valence-electron chi connectivity index (χ1n) is 12.1. The minimum absolute atomic E-state index is 0.0149. The lowest BCUT2D eigenvalue weighted by Gasteiger charge is -2.38. The van der Waals surface area contributed by atoms with Crippen molar-refractivity contribution < 1.29 is 17.9 Å². The van der Waals surface area contributed by atoms with Crippen molar-refractivity contribution in [2.75, 3.05) is 10.8 Å². The molecule has 0 unspecified atom stereocenters. The van der Waals surface area contributed by atoms with Gasteiger partial charge in [-0.25, -0.2) is 8.42 Å². The van der Waals surface area contributed by atoms with Gasteiger partial charge in [0.25, 0.3) is 15.9 Å². The summed E-state index contributed by atoms with van der Waals surface area (Å²) in [6.45, 7) is 18.3. The maximum atomic E-state index is 13.8. The predicted octanol–water partition coefficient (Wildman–Crippen LogP) is 5.58. The van der Waals surface area contributed by atoms with E-state index >= 15 is 0 Å². The summed E-state index contributed by atoms with van der Waals surface area (Å²) in [5, 5.41) is 3.08. The zero-order valence-electron chi connectivity index (χ0n) is 22.5. The van der Waals surface area contributed by atoms with Crippen LogP contribution in [0.1, 0.15) is 72.9 Å². The predicted molar refractivity (Wildman–Crippen MR) is 142 cm³/mol. The number of ether oxygens (including phenoxy) is 1. The Bertz CT molecular complexity index is 1190. The molecule has 0 aromatic heterocycles. The molecule has 2 aromatic rings. The van der Waals surface area contributed by atoms with Crippen LogP contribution in [0, 0.1) is 12.3 Å². The van der Waals surface area contributed by atoms with Crippen molar-refractivity contribution in [3.8, 4) is 5.75 Å². The minimum atomic E-state index is -3.92. The van der Waals surface area contributed by atoms with Gasteiger partial charge in [-0.3, -0.25) is 9.10 Å². The third-order valence-corrected chi connectivity index (χ3v) is 7.82. The van der Waals surface area contributed by atoms with Crippen molar-refractivity contribution in [1.29, 1.82) is 0 Å². The van der Waals surface area contributed by atoms with Crippen molar-refractivity contribution in [1.82, 2.24) is 5.32 Å². The zero-order chi connectivity index (χ0) is 26.4. The van der Waals surface area contributed by atoms with Crippen molar-refractivity contribution in [3.05, 3.63) is 53.6 Å². The molecule has 0 aliphatic carbocycles. The second-order valence-electron chi connectivity index (χ2n) is 12.5. The standard InChI is InChI=1S/C28H40N2O4S/c1-19-10-13-21(14-11-19)35(32,33)30-17-24(25(31)29-28(8,9)18-26(2,3)4)34-23-15-12-20(16-22(23)30)27(5,6)7/h10-16,24H,17-18H2,1-9H3,(H,29,31)/t24-/m1/s1. The Morgan fingerprint density at radius 2 is 1.60 bits per heavy atom. The molecule has 1 heterocycles. The number of rotatable bonds is 5. The first-order valence-corrected chi connectivity index (χ1v) is 13.6. The largest absolute Gasteiger partial charge is 0.476 e. The van der Waals surface area contributed by atoms with E-state index in [0.717, 1.165) is 17.5 Å². The number of carbonyl (C=O) groups excluding carboxylic acids is 1. The number of carbonyl (C=O) groups is 1. The van der Waals surface area contributed by atoms with Gasteiger partial charge >= 0.3 is 0 Å². The topological polar surface area (TPSA) is 75.7 Å². The highest BCUT2D eigenvalue weighted by molar-refractivity contribution is 7.92. The van der Waals surface area contributed by atoms with Gasteiger partial charge in [-0.1, -0.05) is 65.3 Å². The molecule has 7 heteroatoms. The fourth-order valence-electron chi connectivity index (χ4n) is 4.70. The first kappa shape index (κ1) is 27.1. The highest BCUT2D eigenvalue weighted by atomic mass is 32.2. The smallest absolute Gasteiger partial charge is 0.264 e. The highest BCUT2D eigenvalue weighted by Crippen LogP contribution is 2.40. The summed E-state index contributed by atoms with van der Waals surface area (Å²) in [4.78, 5) is 13.5. The van der Waals surface area contributed by atoms with Gasteiger partial charge in [0.1, 0.15) is 5.75 Å². The van der Waals surface area contributed by atoms with Crippen molar-refractivity contribution in [2.45, 2.75) is 90.7 Å². The van der Waals surface area contributed by atoms with Crippen molar-refractivity contribution >= 4 is 21.6 Å². The monoisotopic (exact) mass is 500 g/mol. The molecule has 6 nitrogen and oxygen atoms in total. The Hall–Kier alpha value is -2.54. The summed E-state index contributed by atoms with van der Waals surface area (Å²) in [5.74, 6) is 0.0580. The Morgan fingerprint density at radius 3 is 2.14 bits per heavy atom. The Kier molecular flexibility index (Phi) is 7.08. The second kappa shape index (κ2) is 9.16. The van der Waals surface area contributed by atoms with E-state index in [-0.39, 0.29) is 28.2 Å². The molecule has 3 rings (SSSR count). The molecule has 192 valence electrons. The molecular formula is C28H40N2O4S. The molecule has 35 heavy (non-hydrogen) atoms. The average molecular weight is 501 g/mol. The number of nitrogens with zero attached hydrogens (tertiary/aromatic N) is 1. The van der Waals surface area contributed by atoms with Crippen molar-refractivity contribution in [3.63, 3.8) is 0 Å². The van der Waals surface area contributed by atoms with Gasteiger partial charge < -0.3 is 10.1 Å². The number of sulfonamides is 1. The number of fused-ring (bicyclic) bond motifs is 1. The fraction of sp³-hybridized carbons (Fsp3) is 0.536. The number of hydrogen-bond acceptors (Lipinski definition) is 4. The van der Waals surface area contributed by atoms with Gasteiger partial charge in [-0.2, -0.15) is 0 Å². The van der Waals surface area contributed by atoms with Gasteiger partial charge in [0, 0.05) is 5.54 Å². The number of aryl methyl sites for hydroxylation is 1. The summed E-state index contributed by atoms with van der Waals surface area (Å²) in [6.07, 6.45) is -0.211. The maximum absolute atomic E-state index is 13.8. The van der Waals surface area contributed by atoms with Crippen LogP contribution in [0.2, 0.25) is 0 Å². The number of benzene rings is 2. The molecule has 1 amide bonds. The SMILES string of the molecule is Cc1ccc(S(=O)(=O)N2C[C@H](C(=O)NC(C)(C)CC(C)(C)C)Oc3ccc(C(C)(C)C)cc32)cc1. The summed E-state index contributed by atoms with van der Waals surface area (Å²) < 4.78 is 35.0. The van der Waals surface area contributed by atoms with Gasteiger partial charge in [0.2, 0.25) is 0 Å². The molecule has 0 fully saturated rings. The quantitative estimate of drug-likeness (QED) is 0.582. The Labute approximate surface area is 211 Å². The van der Waals surface area contributed by atoms with E-state index < -0.39 is 21.7 Å². The molecular weight excluding hydrogens is 460 g/mol. The van der Waals surface area contributed by atoms with Crippen LogP contribution >= 0.6 is 0 Å². The van der Waals surface area contributed by atoms with Crippen LogP contribution in [0.5, 0.6) is 5.75 Å². The molecule has 1 aliphatic heterocycles. The first-order chi connectivity index (χ1) is 15.9. The zero-order valence-corrected chi connectivity index (χ0v) is 23.3. The molecule has 0 saturated carbocycles. The number of amides is 1. The van der Waals surface area contributed by atoms with Gasteiger partial charge in [0.05, 0.1) is 17.1 Å². The minimum Gasteiger partial charge on any atom is -0.476 e. The number of nitrogens with one attached hydrogen (secondary N) is 1.